The fraction of sp³-hybridized carbons (Fsp3) is 0.176. The topological polar surface area (TPSA) is 69.5 Å². The van der Waals surface area contributed by atoms with Gasteiger partial charge in [-0.05, 0) is 37.3 Å². The second-order valence-electron chi connectivity index (χ2n) is 5.24. The summed E-state index contributed by atoms with van der Waals surface area (Å²) in [7, 11) is 0. The fourth-order valence-corrected chi connectivity index (χ4v) is 2.37. The molecule has 0 radical (unpaired) electrons. The Labute approximate surface area is 143 Å². The minimum Gasteiger partial charge on any atom is -0.332 e. The minimum atomic E-state index is -0.652. The quantitative estimate of drug-likeness (QED) is 0.870. The van der Waals surface area contributed by atoms with Gasteiger partial charge in [-0.25, -0.2) is 8.78 Å². The summed E-state index contributed by atoms with van der Waals surface area (Å²) in [4.78, 5) is 12.0. The molecule has 0 aromatic heterocycles. The molecule has 2 aromatic rings. The summed E-state index contributed by atoms with van der Waals surface area (Å²) in [5.41, 5.74) is 0.930. The van der Waals surface area contributed by atoms with Crippen molar-refractivity contribution in [2.75, 3.05) is 11.9 Å². The van der Waals surface area contributed by atoms with Crippen LogP contribution in [-0.4, -0.2) is 12.5 Å². The number of hydrogen-bond donors (Lipinski definition) is 2. The molecular formula is C17H15ClF2N3O+. The van der Waals surface area contributed by atoms with Crippen molar-refractivity contribution in [3.63, 3.8) is 0 Å². The van der Waals surface area contributed by atoms with Gasteiger partial charge in [-0.1, -0.05) is 11.6 Å². The number of halogens is 3. The van der Waals surface area contributed by atoms with E-state index in [0.29, 0.717) is 21.8 Å². The molecule has 7 heteroatoms. The maximum absolute atomic E-state index is 13.7. The third-order valence-corrected chi connectivity index (χ3v) is 3.72. The van der Waals surface area contributed by atoms with Gasteiger partial charge < -0.3 is 10.6 Å². The van der Waals surface area contributed by atoms with Crippen molar-refractivity contribution >= 4 is 23.2 Å². The summed E-state index contributed by atoms with van der Waals surface area (Å²) in [6, 6.07) is 9.49. The first-order valence-corrected chi connectivity index (χ1v) is 7.56. The van der Waals surface area contributed by atoms with E-state index in [1.54, 1.807) is 18.3 Å². The monoisotopic (exact) mass is 350 g/mol. The fourth-order valence-electron chi connectivity index (χ4n) is 2.20. The van der Waals surface area contributed by atoms with E-state index in [0.717, 1.165) is 6.07 Å². The number of nitriles is 1. The van der Waals surface area contributed by atoms with E-state index < -0.39 is 11.6 Å². The molecule has 1 atom stereocenters. The van der Waals surface area contributed by atoms with Gasteiger partial charge in [0, 0.05) is 16.7 Å². The first-order chi connectivity index (χ1) is 11.4. The van der Waals surface area contributed by atoms with Crippen molar-refractivity contribution in [3.8, 4) is 6.07 Å². The molecule has 4 nitrogen and oxygen atoms in total. The predicted molar refractivity (Wildman–Crippen MR) is 86.4 cm³/mol. The lowest BCUT2D eigenvalue weighted by molar-refractivity contribution is -0.682. The number of benzene rings is 2. The molecule has 124 valence electrons. The van der Waals surface area contributed by atoms with Gasteiger partial charge in [-0.2, -0.15) is 5.26 Å². The Bertz CT molecular complexity index is 805. The number of quaternary nitrogens is 1. The van der Waals surface area contributed by atoms with E-state index in [4.69, 9.17) is 16.9 Å². The van der Waals surface area contributed by atoms with Crippen molar-refractivity contribution in [1.29, 1.82) is 5.26 Å². The Morgan fingerprint density at radius 2 is 2.08 bits per heavy atom. The van der Waals surface area contributed by atoms with Crippen LogP contribution in [0.5, 0.6) is 0 Å². The number of rotatable bonds is 5. The van der Waals surface area contributed by atoms with Crippen LogP contribution in [0.2, 0.25) is 5.02 Å². The van der Waals surface area contributed by atoms with Crippen LogP contribution in [0.1, 0.15) is 24.1 Å². The second-order valence-corrected chi connectivity index (χ2v) is 5.68. The number of nitrogens with one attached hydrogen (secondary N) is 1. The zero-order chi connectivity index (χ0) is 17.7. The molecule has 3 N–H and O–H groups in total. The number of carbonyl (C=O) groups is 1. The van der Waals surface area contributed by atoms with Gasteiger partial charge in [0.25, 0.3) is 5.91 Å². The molecule has 0 bridgehead atoms. The van der Waals surface area contributed by atoms with Gasteiger partial charge in [0.1, 0.15) is 23.7 Å². The van der Waals surface area contributed by atoms with Gasteiger partial charge in [0.2, 0.25) is 0 Å². The zero-order valence-electron chi connectivity index (χ0n) is 12.8. The van der Waals surface area contributed by atoms with E-state index in [-0.39, 0.29) is 18.5 Å². The molecule has 2 rings (SSSR count). The smallest absolute Gasteiger partial charge is 0.279 e. The van der Waals surface area contributed by atoms with Gasteiger partial charge in [0.15, 0.2) is 6.54 Å². The van der Waals surface area contributed by atoms with Crippen LogP contribution in [0.25, 0.3) is 0 Å². The lowest BCUT2D eigenvalue weighted by atomic mass is 10.1. The predicted octanol–water partition coefficient (Wildman–Crippen LogP) is 2.75. The molecule has 24 heavy (non-hydrogen) atoms. The second kappa shape index (κ2) is 7.86. The minimum absolute atomic E-state index is 0.00929. The molecule has 0 spiro atoms. The van der Waals surface area contributed by atoms with E-state index in [2.05, 4.69) is 5.32 Å². The Balaban J connectivity index is 1.98. The van der Waals surface area contributed by atoms with Crippen LogP contribution in [0.4, 0.5) is 14.5 Å². The molecular weight excluding hydrogens is 336 g/mol. The Morgan fingerprint density at radius 1 is 1.33 bits per heavy atom. The summed E-state index contributed by atoms with van der Waals surface area (Å²) >= 11 is 5.85. The maximum Gasteiger partial charge on any atom is 0.279 e. The lowest BCUT2D eigenvalue weighted by Gasteiger charge is -2.12. The van der Waals surface area contributed by atoms with Crippen molar-refractivity contribution < 1.29 is 18.9 Å². The molecule has 0 aliphatic heterocycles. The number of carbonyl (C=O) groups excluding carboxylic acids is 1. The Hall–Kier alpha value is -2.49. The highest BCUT2D eigenvalue weighted by atomic mass is 35.5. The normalized spacial score (nSPS) is 11.6. The molecule has 0 saturated heterocycles. The first-order valence-electron chi connectivity index (χ1n) is 7.18. The van der Waals surface area contributed by atoms with E-state index >= 15 is 0 Å². The number of nitrogens with two attached hydrogens (primary N) is 1. The maximum atomic E-state index is 13.7. The van der Waals surface area contributed by atoms with Crippen LogP contribution in [0.3, 0.4) is 0 Å². The third-order valence-electron chi connectivity index (χ3n) is 3.49. The van der Waals surface area contributed by atoms with Gasteiger partial charge in [-0.15, -0.1) is 0 Å². The summed E-state index contributed by atoms with van der Waals surface area (Å²) < 4.78 is 26.6. The lowest BCUT2D eigenvalue weighted by Crippen LogP contribution is -2.86. The van der Waals surface area contributed by atoms with Crippen molar-refractivity contribution in [3.05, 3.63) is 64.2 Å². The molecule has 0 unspecified atom stereocenters. The highest BCUT2D eigenvalue weighted by molar-refractivity contribution is 6.31. The van der Waals surface area contributed by atoms with E-state index in [1.165, 1.54) is 24.3 Å². The third kappa shape index (κ3) is 4.51. The molecule has 0 aliphatic rings. The number of hydrogen-bond acceptors (Lipinski definition) is 2. The van der Waals surface area contributed by atoms with Crippen LogP contribution in [0.15, 0.2) is 36.4 Å². The average molecular weight is 351 g/mol. The van der Waals surface area contributed by atoms with Crippen LogP contribution >= 0.6 is 11.6 Å². The molecule has 0 aliphatic carbocycles. The first kappa shape index (κ1) is 17.9. The number of anilines is 1. The summed E-state index contributed by atoms with van der Waals surface area (Å²) in [5, 5.41) is 13.6. The Kier molecular flexibility index (Phi) is 5.85. The van der Waals surface area contributed by atoms with Gasteiger partial charge in [0.05, 0.1) is 11.3 Å². The highest BCUT2D eigenvalue weighted by Crippen LogP contribution is 2.20. The molecule has 0 heterocycles. The molecule has 0 saturated carbocycles. The van der Waals surface area contributed by atoms with Crippen LogP contribution in [-0.2, 0) is 4.79 Å². The van der Waals surface area contributed by atoms with E-state index in [1.807, 2.05) is 6.07 Å². The zero-order valence-corrected chi connectivity index (χ0v) is 13.6. The SMILES string of the molecule is C[C@@H]([NH2+]CC(=O)Nc1cc(Cl)ccc1C#N)c1ccc(F)cc1F. The van der Waals surface area contributed by atoms with Crippen LogP contribution < -0.4 is 10.6 Å². The van der Waals surface area contributed by atoms with Crippen molar-refractivity contribution in [1.82, 2.24) is 0 Å². The van der Waals surface area contributed by atoms with Crippen LogP contribution in [0, 0.1) is 23.0 Å². The van der Waals surface area contributed by atoms with Crippen molar-refractivity contribution in [2.24, 2.45) is 0 Å². The number of nitrogens with zero attached hydrogens (tertiary/aromatic N) is 1. The molecule has 0 fully saturated rings. The largest absolute Gasteiger partial charge is 0.332 e. The summed E-state index contributed by atoms with van der Waals surface area (Å²) in [6.07, 6.45) is 0. The molecule has 1 amide bonds. The van der Waals surface area contributed by atoms with Gasteiger partial charge >= 0.3 is 0 Å². The highest BCUT2D eigenvalue weighted by Gasteiger charge is 2.16. The van der Waals surface area contributed by atoms with E-state index in [9.17, 15) is 13.6 Å². The molecule has 2 aromatic carbocycles. The van der Waals surface area contributed by atoms with Crippen molar-refractivity contribution in [2.45, 2.75) is 13.0 Å². The van der Waals surface area contributed by atoms with Gasteiger partial charge in [-0.3, -0.25) is 4.79 Å². The summed E-state index contributed by atoms with van der Waals surface area (Å²) in [5.74, 6) is -1.66. The Morgan fingerprint density at radius 3 is 2.75 bits per heavy atom. The number of amides is 1. The summed E-state index contributed by atoms with van der Waals surface area (Å²) in [6.45, 7) is 1.72. The standard InChI is InChI=1S/C17H14ClF2N3O/c1-10(14-5-4-13(19)7-15(14)20)22-9-17(24)23-16-6-12(18)3-2-11(16)8-21/h2-7,10,22H,9H2,1H3,(H,23,24)/p+1/t10-/m1/s1. The average Bonchev–Trinajstić information content (AvgIpc) is 2.53.